The van der Waals surface area contributed by atoms with E-state index in [0.29, 0.717) is 24.3 Å². The van der Waals surface area contributed by atoms with E-state index < -0.39 is 5.82 Å². The van der Waals surface area contributed by atoms with Gasteiger partial charge in [0.1, 0.15) is 11.6 Å². The first kappa shape index (κ1) is 25.9. The summed E-state index contributed by atoms with van der Waals surface area (Å²) in [7, 11) is 0. The predicted molar refractivity (Wildman–Crippen MR) is 143 cm³/mol. The first-order valence-electron chi connectivity index (χ1n) is 13.3. The van der Waals surface area contributed by atoms with Gasteiger partial charge in [-0.25, -0.2) is 8.78 Å². The molecule has 0 aliphatic heterocycles. The lowest BCUT2D eigenvalue weighted by Crippen LogP contribution is -2.14. The van der Waals surface area contributed by atoms with Gasteiger partial charge in [-0.1, -0.05) is 67.4 Å². The molecule has 1 aliphatic carbocycles. The maximum atomic E-state index is 14.7. The van der Waals surface area contributed by atoms with E-state index in [4.69, 9.17) is 11.6 Å². The second-order valence-electron chi connectivity index (χ2n) is 10.3. The Balaban J connectivity index is 1.22. The molecule has 0 amide bonds. The Labute approximate surface area is 214 Å². The number of unbranched alkanes of at least 4 members (excludes halogenated alkanes) is 1. The fourth-order valence-electron chi connectivity index (χ4n) is 5.42. The Kier molecular flexibility index (Phi) is 9.38. The summed E-state index contributed by atoms with van der Waals surface area (Å²) >= 11 is 5.75. The van der Waals surface area contributed by atoms with Crippen LogP contribution >= 0.6 is 11.6 Å². The highest BCUT2D eigenvalue weighted by atomic mass is 35.5. The molecule has 3 aromatic rings. The van der Waals surface area contributed by atoms with Crippen LogP contribution in [0.3, 0.4) is 0 Å². The second kappa shape index (κ2) is 12.7. The van der Waals surface area contributed by atoms with Crippen molar-refractivity contribution >= 4 is 11.6 Å². The molecule has 0 atom stereocenters. The Morgan fingerprint density at radius 2 is 1.37 bits per heavy atom. The Morgan fingerprint density at radius 1 is 0.714 bits per heavy atom. The predicted octanol–water partition coefficient (Wildman–Crippen LogP) is 9.65. The fourth-order valence-corrected chi connectivity index (χ4v) is 5.53. The molecule has 0 heterocycles. The van der Waals surface area contributed by atoms with Crippen molar-refractivity contribution in [3.63, 3.8) is 0 Å². The van der Waals surface area contributed by atoms with Crippen molar-refractivity contribution in [2.45, 2.75) is 83.5 Å². The number of rotatable bonds is 10. The SMILES string of the molecule is CCCCc1ccc([C@H]2CC[C@H](CCc3ccc(CCc4ccc(Cl)c(F)c4)c(F)c3)CC2)cc1. The lowest BCUT2D eigenvalue weighted by Gasteiger charge is -2.29. The Hall–Kier alpha value is -2.19. The average molecular weight is 495 g/mol. The van der Waals surface area contributed by atoms with E-state index in [9.17, 15) is 8.78 Å². The third-order valence-electron chi connectivity index (χ3n) is 7.74. The summed E-state index contributed by atoms with van der Waals surface area (Å²) in [6, 6.07) is 19.8. The Bertz CT molecular complexity index is 1080. The normalized spacial score (nSPS) is 18.1. The summed E-state index contributed by atoms with van der Waals surface area (Å²) in [6.45, 7) is 2.24. The number of hydrogen-bond donors (Lipinski definition) is 0. The van der Waals surface area contributed by atoms with Gasteiger partial charge in [0.25, 0.3) is 0 Å². The van der Waals surface area contributed by atoms with Gasteiger partial charge >= 0.3 is 0 Å². The molecular formula is C32H37ClF2. The van der Waals surface area contributed by atoms with E-state index in [1.807, 2.05) is 6.07 Å². The molecule has 4 rings (SSSR count). The van der Waals surface area contributed by atoms with E-state index in [-0.39, 0.29) is 10.8 Å². The van der Waals surface area contributed by atoms with Crippen molar-refractivity contribution in [3.05, 3.63) is 105 Å². The average Bonchev–Trinajstić information content (AvgIpc) is 2.88. The number of hydrogen-bond acceptors (Lipinski definition) is 0. The van der Waals surface area contributed by atoms with Crippen molar-refractivity contribution in [1.29, 1.82) is 0 Å². The van der Waals surface area contributed by atoms with Crippen LogP contribution in [0.25, 0.3) is 0 Å². The summed E-state index contributed by atoms with van der Waals surface area (Å²) in [5.74, 6) is 0.854. The number of benzene rings is 3. The maximum absolute atomic E-state index is 14.7. The largest absolute Gasteiger partial charge is 0.207 e. The lowest BCUT2D eigenvalue weighted by atomic mass is 9.76. The van der Waals surface area contributed by atoms with E-state index in [1.165, 1.54) is 62.1 Å². The van der Waals surface area contributed by atoms with Crippen molar-refractivity contribution in [1.82, 2.24) is 0 Å². The van der Waals surface area contributed by atoms with Crippen molar-refractivity contribution in [2.75, 3.05) is 0 Å². The standard InChI is InChI=1S/C32H37ClF2/c1-2-3-4-23-7-14-27(15-8-23)28-16-9-24(10-17-28)5-6-25-11-18-29(31(34)21-25)19-12-26-13-20-30(33)32(35)22-26/h7-8,11,13-15,18,20-22,24,28H,2-6,9-10,12,16-17,19H2,1H3/t24-,28-. The molecule has 0 N–H and O–H groups in total. The molecule has 0 spiro atoms. The molecule has 0 nitrogen and oxygen atoms in total. The topological polar surface area (TPSA) is 0 Å². The third-order valence-corrected chi connectivity index (χ3v) is 8.05. The van der Waals surface area contributed by atoms with Crippen LogP contribution in [-0.2, 0) is 25.7 Å². The zero-order valence-corrected chi connectivity index (χ0v) is 21.6. The van der Waals surface area contributed by atoms with Crippen LogP contribution in [0.2, 0.25) is 5.02 Å². The minimum absolute atomic E-state index is 0.120. The van der Waals surface area contributed by atoms with E-state index in [2.05, 4.69) is 37.3 Å². The maximum Gasteiger partial charge on any atom is 0.142 e. The molecule has 3 heteroatoms. The molecule has 186 valence electrons. The first-order chi connectivity index (χ1) is 17.0. The molecule has 3 aromatic carbocycles. The van der Waals surface area contributed by atoms with Gasteiger partial charge in [-0.2, -0.15) is 0 Å². The van der Waals surface area contributed by atoms with Crippen molar-refractivity contribution < 1.29 is 8.78 Å². The smallest absolute Gasteiger partial charge is 0.142 e. The zero-order chi connectivity index (χ0) is 24.6. The van der Waals surface area contributed by atoms with Gasteiger partial charge in [0.2, 0.25) is 0 Å². The van der Waals surface area contributed by atoms with Gasteiger partial charge in [-0.15, -0.1) is 0 Å². The summed E-state index contributed by atoms with van der Waals surface area (Å²) in [5.41, 5.74) is 5.56. The quantitative estimate of drug-likeness (QED) is 0.263. The summed E-state index contributed by atoms with van der Waals surface area (Å²) in [5, 5.41) is 0.120. The summed E-state index contributed by atoms with van der Waals surface area (Å²) in [6.07, 6.45) is 12.0. The molecule has 35 heavy (non-hydrogen) atoms. The number of halogens is 3. The molecule has 1 aliphatic rings. The Morgan fingerprint density at radius 3 is 2.06 bits per heavy atom. The second-order valence-corrected chi connectivity index (χ2v) is 10.7. The van der Waals surface area contributed by atoms with Crippen LogP contribution in [0, 0.1) is 17.6 Å². The fraction of sp³-hybridized carbons (Fsp3) is 0.438. The molecule has 1 fully saturated rings. The van der Waals surface area contributed by atoms with Crippen LogP contribution in [0.5, 0.6) is 0 Å². The molecule has 0 saturated heterocycles. The summed E-state index contributed by atoms with van der Waals surface area (Å²) < 4.78 is 28.3. The van der Waals surface area contributed by atoms with Crippen LogP contribution in [-0.4, -0.2) is 0 Å². The minimum Gasteiger partial charge on any atom is -0.207 e. The highest BCUT2D eigenvalue weighted by Crippen LogP contribution is 2.37. The third kappa shape index (κ3) is 7.40. The monoisotopic (exact) mass is 494 g/mol. The van der Waals surface area contributed by atoms with Gasteiger partial charge in [-0.05, 0) is 122 Å². The van der Waals surface area contributed by atoms with Gasteiger partial charge < -0.3 is 0 Å². The van der Waals surface area contributed by atoms with Gasteiger partial charge in [0.15, 0.2) is 0 Å². The molecule has 0 unspecified atom stereocenters. The first-order valence-corrected chi connectivity index (χ1v) is 13.7. The lowest BCUT2D eigenvalue weighted by molar-refractivity contribution is 0.310. The summed E-state index contributed by atoms with van der Waals surface area (Å²) in [4.78, 5) is 0. The van der Waals surface area contributed by atoms with Crippen LogP contribution < -0.4 is 0 Å². The van der Waals surface area contributed by atoms with Crippen LogP contribution in [0.1, 0.15) is 85.6 Å². The van der Waals surface area contributed by atoms with E-state index in [0.717, 1.165) is 29.9 Å². The highest BCUT2D eigenvalue weighted by Gasteiger charge is 2.22. The van der Waals surface area contributed by atoms with Crippen molar-refractivity contribution in [2.24, 2.45) is 5.92 Å². The molecule has 0 radical (unpaired) electrons. The van der Waals surface area contributed by atoms with Crippen molar-refractivity contribution in [3.8, 4) is 0 Å². The number of aryl methyl sites for hydroxylation is 4. The van der Waals surface area contributed by atoms with Gasteiger partial charge in [0.05, 0.1) is 5.02 Å². The van der Waals surface area contributed by atoms with Crippen LogP contribution in [0.15, 0.2) is 60.7 Å². The molecule has 0 aromatic heterocycles. The minimum atomic E-state index is -0.422. The van der Waals surface area contributed by atoms with E-state index >= 15 is 0 Å². The molecule has 1 saturated carbocycles. The van der Waals surface area contributed by atoms with Gasteiger partial charge in [-0.3, -0.25) is 0 Å². The zero-order valence-electron chi connectivity index (χ0n) is 20.8. The highest BCUT2D eigenvalue weighted by molar-refractivity contribution is 6.30. The van der Waals surface area contributed by atoms with Crippen LogP contribution in [0.4, 0.5) is 8.78 Å². The molecular weight excluding hydrogens is 458 g/mol. The van der Waals surface area contributed by atoms with E-state index in [1.54, 1.807) is 18.2 Å². The van der Waals surface area contributed by atoms with Gasteiger partial charge in [0, 0.05) is 0 Å². The molecule has 0 bridgehead atoms.